The van der Waals surface area contributed by atoms with E-state index in [2.05, 4.69) is 30.9 Å². The summed E-state index contributed by atoms with van der Waals surface area (Å²) < 4.78 is 5.39. The molecule has 1 fully saturated rings. The minimum atomic E-state index is 0.0325. The predicted octanol–water partition coefficient (Wildman–Crippen LogP) is 2.58. The van der Waals surface area contributed by atoms with Crippen molar-refractivity contribution >= 4 is 17.5 Å². The number of hydrogen-bond acceptors (Lipinski definition) is 4. The van der Waals surface area contributed by atoms with Crippen LogP contribution in [0, 0.1) is 5.92 Å². The van der Waals surface area contributed by atoms with Gasteiger partial charge in [-0.25, -0.2) is 0 Å². The number of halogens is 1. The SMILES string of the molecule is COc1ccc(Cl)cc1CN(C)C(=O)[C@@H]1CC[C@H](N(C)C)CN(C)C1. The first-order chi connectivity index (χ1) is 11.8. The van der Waals surface area contributed by atoms with Crippen LogP contribution in [0.2, 0.25) is 5.02 Å². The van der Waals surface area contributed by atoms with Gasteiger partial charge in [-0.1, -0.05) is 11.6 Å². The molecule has 1 aliphatic heterocycles. The molecule has 25 heavy (non-hydrogen) atoms. The molecule has 6 heteroatoms. The largest absolute Gasteiger partial charge is 0.496 e. The van der Waals surface area contributed by atoms with E-state index < -0.39 is 0 Å². The Balaban J connectivity index is 2.05. The van der Waals surface area contributed by atoms with Crippen molar-refractivity contribution in [1.82, 2.24) is 14.7 Å². The number of nitrogens with zero attached hydrogens (tertiary/aromatic N) is 3. The van der Waals surface area contributed by atoms with E-state index in [1.54, 1.807) is 18.1 Å². The molecule has 0 bridgehead atoms. The van der Waals surface area contributed by atoms with Gasteiger partial charge in [0.15, 0.2) is 0 Å². The second-order valence-electron chi connectivity index (χ2n) is 7.26. The van der Waals surface area contributed by atoms with E-state index in [4.69, 9.17) is 16.3 Å². The van der Waals surface area contributed by atoms with E-state index in [0.29, 0.717) is 17.6 Å². The van der Waals surface area contributed by atoms with Crippen LogP contribution in [0.1, 0.15) is 18.4 Å². The van der Waals surface area contributed by atoms with Crippen LogP contribution in [0.3, 0.4) is 0 Å². The maximum atomic E-state index is 13.0. The molecule has 0 radical (unpaired) electrons. The maximum absolute atomic E-state index is 13.0. The second-order valence-corrected chi connectivity index (χ2v) is 7.70. The van der Waals surface area contributed by atoms with E-state index in [1.807, 2.05) is 19.2 Å². The molecule has 0 aromatic heterocycles. The highest BCUT2D eigenvalue weighted by Crippen LogP contribution is 2.25. The number of likely N-dealkylation sites (tertiary alicyclic amines) is 1. The molecule has 0 aliphatic carbocycles. The molecular weight excluding hydrogens is 338 g/mol. The summed E-state index contributed by atoms with van der Waals surface area (Å²) in [5, 5.41) is 0.652. The number of carbonyl (C=O) groups excluding carboxylic acids is 1. The summed E-state index contributed by atoms with van der Waals surface area (Å²) in [6.45, 7) is 2.31. The van der Waals surface area contributed by atoms with Crippen LogP contribution in [0.15, 0.2) is 18.2 Å². The fraction of sp³-hybridized carbons (Fsp3) is 0.632. The molecule has 1 amide bonds. The fourth-order valence-electron chi connectivity index (χ4n) is 3.53. The average molecular weight is 368 g/mol. The van der Waals surface area contributed by atoms with Gasteiger partial charge in [0.25, 0.3) is 0 Å². The lowest BCUT2D eigenvalue weighted by molar-refractivity contribution is -0.135. The number of ether oxygens (including phenoxy) is 1. The molecule has 0 saturated carbocycles. The molecule has 0 unspecified atom stereocenters. The summed E-state index contributed by atoms with van der Waals surface area (Å²) in [5.74, 6) is 0.980. The van der Waals surface area contributed by atoms with E-state index >= 15 is 0 Å². The highest BCUT2D eigenvalue weighted by molar-refractivity contribution is 6.30. The first-order valence-corrected chi connectivity index (χ1v) is 9.12. The van der Waals surface area contributed by atoms with Crippen LogP contribution >= 0.6 is 11.6 Å². The van der Waals surface area contributed by atoms with Gasteiger partial charge in [0, 0.05) is 43.3 Å². The highest BCUT2D eigenvalue weighted by Gasteiger charge is 2.29. The first kappa shape index (κ1) is 20.0. The summed E-state index contributed by atoms with van der Waals surface area (Å²) in [7, 11) is 9.81. The lowest BCUT2D eigenvalue weighted by Crippen LogP contribution is -2.39. The summed E-state index contributed by atoms with van der Waals surface area (Å²) in [5.41, 5.74) is 0.930. The van der Waals surface area contributed by atoms with Crippen molar-refractivity contribution in [3.05, 3.63) is 28.8 Å². The summed E-state index contributed by atoms with van der Waals surface area (Å²) in [6, 6.07) is 6.01. The summed E-state index contributed by atoms with van der Waals surface area (Å²) >= 11 is 6.10. The Hall–Kier alpha value is -1.30. The zero-order valence-electron chi connectivity index (χ0n) is 16.0. The van der Waals surface area contributed by atoms with Crippen molar-refractivity contribution < 1.29 is 9.53 Å². The molecule has 2 rings (SSSR count). The van der Waals surface area contributed by atoms with Gasteiger partial charge in [-0.3, -0.25) is 4.79 Å². The average Bonchev–Trinajstić information content (AvgIpc) is 2.76. The molecule has 1 heterocycles. The van der Waals surface area contributed by atoms with Gasteiger partial charge in [-0.05, 0) is 52.2 Å². The molecule has 1 aliphatic rings. The van der Waals surface area contributed by atoms with Crippen molar-refractivity contribution in [2.24, 2.45) is 5.92 Å². The van der Waals surface area contributed by atoms with Crippen LogP contribution in [0.5, 0.6) is 5.75 Å². The second kappa shape index (κ2) is 8.88. The number of likely N-dealkylation sites (N-methyl/N-ethyl adjacent to an activating group) is 2. The Morgan fingerprint density at radius 1 is 1.28 bits per heavy atom. The van der Waals surface area contributed by atoms with E-state index in [-0.39, 0.29) is 11.8 Å². The van der Waals surface area contributed by atoms with Gasteiger partial charge < -0.3 is 19.4 Å². The van der Waals surface area contributed by atoms with Gasteiger partial charge in [0.2, 0.25) is 5.91 Å². The Bertz CT molecular complexity index is 594. The third-order valence-electron chi connectivity index (χ3n) is 5.01. The number of benzene rings is 1. The van der Waals surface area contributed by atoms with Gasteiger partial charge >= 0.3 is 0 Å². The number of amides is 1. The van der Waals surface area contributed by atoms with Crippen molar-refractivity contribution in [3.63, 3.8) is 0 Å². The number of hydrogen-bond donors (Lipinski definition) is 0. The maximum Gasteiger partial charge on any atom is 0.227 e. The Morgan fingerprint density at radius 3 is 2.64 bits per heavy atom. The zero-order chi connectivity index (χ0) is 18.6. The molecule has 140 valence electrons. The Labute approximate surface area is 156 Å². The minimum absolute atomic E-state index is 0.0325. The standard InChI is InChI=1S/C19H30ClN3O2/c1-21(2)17-8-6-14(11-22(3)13-17)19(24)23(4)12-15-10-16(20)7-9-18(15)25-5/h7,9-10,14,17H,6,8,11-13H2,1-5H3/t14-,17+/m1/s1. The summed E-state index contributed by atoms with van der Waals surface area (Å²) in [4.78, 5) is 19.3. The van der Waals surface area contributed by atoms with Gasteiger partial charge in [0.05, 0.1) is 13.0 Å². The quantitative estimate of drug-likeness (QED) is 0.801. The molecule has 1 saturated heterocycles. The molecule has 2 atom stereocenters. The van der Waals surface area contributed by atoms with Crippen LogP contribution < -0.4 is 4.74 Å². The topological polar surface area (TPSA) is 36.0 Å². The molecule has 1 aromatic rings. The van der Waals surface area contributed by atoms with E-state index in [1.165, 1.54) is 0 Å². The molecule has 5 nitrogen and oxygen atoms in total. The lowest BCUT2D eigenvalue weighted by Gasteiger charge is -2.26. The zero-order valence-corrected chi connectivity index (χ0v) is 16.7. The van der Waals surface area contributed by atoms with Crippen molar-refractivity contribution in [1.29, 1.82) is 0 Å². The van der Waals surface area contributed by atoms with E-state index in [0.717, 1.165) is 37.2 Å². The third kappa shape index (κ3) is 5.33. The van der Waals surface area contributed by atoms with E-state index in [9.17, 15) is 4.79 Å². The van der Waals surface area contributed by atoms with Crippen molar-refractivity contribution in [2.75, 3.05) is 48.4 Å². The monoisotopic (exact) mass is 367 g/mol. The Kier molecular flexibility index (Phi) is 7.11. The number of rotatable bonds is 5. The van der Waals surface area contributed by atoms with Gasteiger partial charge in [0.1, 0.15) is 5.75 Å². The van der Waals surface area contributed by atoms with Crippen molar-refractivity contribution in [3.8, 4) is 5.75 Å². The predicted molar refractivity (Wildman–Crippen MR) is 102 cm³/mol. The fourth-order valence-corrected chi connectivity index (χ4v) is 3.72. The molecular formula is C19H30ClN3O2. The molecule has 1 aromatic carbocycles. The van der Waals surface area contributed by atoms with Crippen LogP contribution in [0.4, 0.5) is 0 Å². The first-order valence-electron chi connectivity index (χ1n) is 8.74. The van der Waals surface area contributed by atoms with Crippen LogP contribution in [-0.2, 0) is 11.3 Å². The smallest absolute Gasteiger partial charge is 0.227 e. The number of carbonyl (C=O) groups is 1. The van der Waals surface area contributed by atoms with Crippen molar-refractivity contribution in [2.45, 2.75) is 25.4 Å². The van der Waals surface area contributed by atoms with Gasteiger partial charge in [-0.2, -0.15) is 0 Å². The van der Waals surface area contributed by atoms with Crippen LogP contribution in [0.25, 0.3) is 0 Å². The highest BCUT2D eigenvalue weighted by atomic mass is 35.5. The molecule has 0 spiro atoms. The Morgan fingerprint density at radius 2 is 2.00 bits per heavy atom. The molecule has 0 N–H and O–H groups in total. The third-order valence-corrected chi connectivity index (χ3v) is 5.24. The number of methoxy groups -OCH3 is 1. The lowest BCUT2D eigenvalue weighted by atomic mass is 10.00. The van der Waals surface area contributed by atoms with Crippen LogP contribution in [-0.4, -0.2) is 75.0 Å². The minimum Gasteiger partial charge on any atom is -0.496 e. The summed E-state index contributed by atoms with van der Waals surface area (Å²) in [6.07, 6.45) is 1.96. The van der Waals surface area contributed by atoms with Gasteiger partial charge in [-0.15, -0.1) is 0 Å². The normalized spacial score (nSPS) is 21.9.